The van der Waals surface area contributed by atoms with E-state index in [4.69, 9.17) is 9.47 Å². The van der Waals surface area contributed by atoms with Crippen LogP contribution in [0.3, 0.4) is 0 Å². The third kappa shape index (κ3) is 7.34. The highest BCUT2D eigenvalue weighted by atomic mass is 16.5. The van der Waals surface area contributed by atoms with Crippen molar-refractivity contribution in [3.8, 4) is 11.5 Å². The molecule has 0 spiro atoms. The number of benzene rings is 1. The molecule has 0 aliphatic carbocycles. The molecular weight excluding hydrogens is 368 g/mol. The topological polar surface area (TPSA) is 71.8 Å². The lowest BCUT2D eigenvalue weighted by Gasteiger charge is -2.22. The van der Waals surface area contributed by atoms with E-state index in [1.165, 1.54) is 5.69 Å². The first kappa shape index (κ1) is 23.2. The van der Waals surface area contributed by atoms with E-state index in [0.717, 1.165) is 44.0 Å². The normalized spacial score (nSPS) is 12.4. The average Bonchev–Trinajstić information content (AvgIpc) is 3.04. The van der Waals surface area contributed by atoms with Crippen molar-refractivity contribution in [1.29, 1.82) is 0 Å². The smallest absolute Gasteiger partial charge is 0.161 e. The Kier molecular flexibility index (Phi) is 9.44. The Morgan fingerprint density at radius 3 is 2.55 bits per heavy atom. The van der Waals surface area contributed by atoms with Crippen LogP contribution in [0, 0.1) is 13.8 Å². The summed E-state index contributed by atoms with van der Waals surface area (Å²) in [5.74, 6) is 1.33. The Morgan fingerprint density at radius 1 is 1.17 bits per heavy atom. The van der Waals surface area contributed by atoms with Gasteiger partial charge >= 0.3 is 0 Å². The summed E-state index contributed by atoms with van der Waals surface area (Å²) in [6, 6.07) is 7.98. The van der Waals surface area contributed by atoms with Crippen molar-refractivity contribution < 1.29 is 14.6 Å². The van der Waals surface area contributed by atoms with E-state index in [1.54, 1.807) is 7.11 Å². The van der Waals surface area contributed by atoms with Gasteiger partial charge in [-0.3, -0.25) is 4.68 Å². The minimum atomic E-state index is -0.532. The zero-order chi connectivity index (χ0) is 21.2. The van der Waals surface area contributed by atoms with Crippen LogP contribution >= 0.6 is 0 Å². The molecule has 0 aliphatic rings. The van der Waals surface area contributed by atoms with E-state index in [1.807, 2.05) is 29.8 Å². The number of rotatable bonds is 13. The number of aliphatic hydroxyl groups is 1. The first-order chi connectivity index (χ1) is 14.0. The van der Waals surface area contributed by atoms with Gasteiger partial charge in [-0.2, -0.15) is 5.10 Å². The van der Waals surface area contributed by atoms with E-state index >= 15 is 0 Å². The molecule has 29 heavy (non-hydrogen) atoms. The molecule has 0 saturated heterocycles. The molecule has 1 aromatic heterocycles. The maximum atomic E-state index is 10.2. The highest BCUT2D eigenvalue weighted by Crippen LogP contribution is 2.28. The number of aryl methyl sites for hydroxylation is 2. The number of likely N-dealkylation sites (N-methyl/N-ethyl adjacent to an activating group) is 1. The molecule has 7 nitrogen and oxygen atoms in total. The quantitative estimate of drug-likeness (QED) is 0.500. The van der Waals surface area contributed by atoms with Crippen LogP contribution < -0.4 is 14.8 Å². The number of hydrogen-bond acceptors (Lipinski definition) is 6. The molecule has 1 aromatic carbocycles. The minimum absolute atomic E-state index is 0.243. The number of ether oxygens (including phenoxy) is 2. The zero-order valence-electron chi connectivity index (χ0n) is 18.4. The van der Waals surface area contributed by atoms with Crippen molar-refractivity contribution >= 4 is 0 Å². The van der Waals surface area contributed by atoms with Gasteiger partial charge in [0, 0.05) is 25.3 Å². The van der Waals surface area contributed by atoms with Crippen molar-refractivity contribution in [1.82, 2.24) is 20.0 Å². The molecule has 1 heterocycles. The third-order valence-corrected chi connectivity index (χ3v) is 4.96. The Bertz CT molecular complexity index is 744. The molecule has 0 saturated carbocycles. The maximum Gasteiger partial charge on any atom is 0.161 e. The van der Waals surface area contributed by atoms with Crippen molar-refractivity contribution in [3.63, 3.8) is 0 Å². The third-order valence-electron chi connectivity index (χ3n) is 4.96. The van der Waals surface area contributed by atoms with Crippen LogP contribution in [0.4, 0.5) is 0 Å². The minimum Gasteiger partial charge on any atom is -0.493 e. The lowest BCUT2D eigenvalue weighted by atomic mass is 10.2. The fourth-order valence-corrected chi connectivity index (χ4v) is 3.28. The number of hydrogen-bond donors (Lipinski definition) is 2. The van der Waals surface area contributed by atoms with Crippen LogP contribution in [0.25, 0.3) is 0 Å². The summed E-state index contributed by atoms with van der Waals surface area (Å²) in [7, 11) is 1.63. The van der Waals surface area contributed by atoms with Crippen LogP contribution in [0.1, 0.15) is 30.8 Å². The fourth-order valence-electron chi connectivity index (χ4n) is 3.28. The first-order valence-electron chi connectivity index (χ1n) is 10.4. The van der Waals surface area contributed by atoms with Crippen LogP contribution in [-0.2, 0) is 13.1 Å². The zero-order valence-corrected chi connectivity index (χ0v) is 18.4. The maximum absolute atomic E-state index is 10.2. The molecule has 0 bridgehead atoms. The largest absolute Gasteiger partial charge is 0.493 e. The summed E-state index contributed by atoms with van der Waals surface area (Å²) < 4.78 is 13.3. The molecule has 0 aliphatic heterocycles. The first-order valence-corrected chi connectivity index (χ1v) is 10.4. The van der Waals surface area contributed by atoms with Gasteiger partial charge in [-0.05, 0) is 50.7 Å². The summed E-state index contributed by atoms with van der Waals surface area (Å²) in [5, 5.41) is 18.1. The summed E-state index contributed by atoms with van der Waals surface area (Å²) >= 11 is 0. The van der Waals surface area contributed by atoms with Gasteiger partial charge in [0.15, 0.2) is 11.5 Å². The highest BCUT2D eigenvalue weighted by Gasteiger charge is 2.12. The molecule has 7 heteroatoms. The Hall–Kier alpha value is -2.09. The predicted molar refractivity (Wildman–Crippen MR) is 116 cm³/mol. The Morgan fingerprint density at radius 2 is 1.93 bits per heavy atom. The molecule has 162 valence electrons. The molecule has 0 radical (unpaired) electrons. The van der Waals surface area contributed by atoms with Gasteiger partial charge in [-0.25, -0.2) is 0 Å². The summed E-state index contributed by atoms with van der Waals surface area (Å²) in [5.41, 5.74) is 3.34. The standard InChI is InChI=1S/C22H36N4O3/c1-6-25(7-2)15-20(27)16-29-21-9-8-19(13-22(21)28-5)14-23-10-11-26-18(4)12-17(3)24-26/h8-9,12-13,20,23,27H,6-7,10-11,14-16H2,1-5H3/t20-/m1/s1. The molecule has 1 atom stereocenters. The van der Waals surface area contributed by atoms with Crippen molar-refractivity contribution in [2.24, 2.45) is 0 Å². The molecule has 0 amide bonds. The van der Waals surface area contributed by atoms with Gasteiger partial charge in [-0.1, -0.05) is 19.9 Å². The second kappa shape index (κ2) is 11.8. The number of nitrogens with zero attached hydrogens (tertiary/aromatic N) is 3. The van der Waals surface area contributed by atoms with E-state index in [0.29, 0.717) is 18.0 Å². The van der Waals surface area contributed by atoms with E-state index < -0.39 is 6.10 Å². The monoisotopic (exact) mass is 404 g/mol. The molecule has 0 fully saturated rings. The van der Waals surface area contributed by atoms with Gasteiger partial charge in [-0.15, -0.1) is 0 Å². The second-order valence-electron chi connectivity index (χ2n) is 7.26. The summed E-state index contributed by atoms with van der Waals surface area (Å²) in [4.78, 5) is 2.17. The summed E-state index contributed by atoms with van der Waals surface area (Å²) in [6.45, 7) is 13.3. The number of aliphatic hydroxyl groups excluding tert-OH is 1. The van der Waals surface area contributed by atoms with Crippen molar-refractivity contribution in [2.75, 3.05) is 39.9 Å². The number of aromatic nitrogens is 2. The lowest BCUT2D eigenvalue weighted by molar-refractivity contribution is 0.0705. The van der Waals surface area contributed by atoms with Gasteiger partial charge < -0.3 is 24.8 Å². The SMILES string of the molecule is CCN(CC)C[C@@H](O)COc1ccc(CNCCn2nc(C)cc2C)cc1OC. The average molecular weight is 405 g/mol. The Balaban J connectivity index is 1.82. The van der Waals surface area contributed by atoms with Crippen LogP contribution in [0.5, 0.6) is 11.5 Å². The van der Waals surface area contributed by atoms with Gasteiger partial charge in [0.1, 0.15) is 12.7 Å². The number of methoxy groups -OCH3 is 1. The van der Waals surface area contributed by atoms with E-state index in [2.05, 4.69) is 42.2 Å². The van der Waals surface area contributed by atoms with Crippen molar-refractivity contribution in [2.45, 2.75) is 46.9 Å². The van der Waals surface area contributed by atoms with Crippen LogP contribution in [0.15, 0.2) is 24.3 Å². The van der Waals surface area contributed by atoms with Gasteiger partial charge in [0.2, 0.25) is 0 Å². The molecule has 2 N–H and O–H groups in total. The van der Waals surface area contributed by atoms with Crippen LogP contribution in [-0.4, -0.2) is 65.8 Å². The lowest BCUT2D eigenvalue weighted by Crippen LogP contribution is -2.35. The van der Waals surface area contributed by atoms with E-state index in [9.17, 15) is 5.11 Å². The predicted octanol–water partition coefficient (Wildman–Crippen LogP) is 2.38. The second-order valence-corrected chi connectivity index (χ2v) is 7.26. The van der Waals surface area contributed by atoms with Crippen molar-refractivity contribution in [3.05, 3.63) is 41.2 Å². The molecule has 2 aromatic rings. The molecule has 0 unspecified atom stereocenters. The fraction of sp³-hybridized carbons (Fsp3) is 0.591. The molecular formula is C22H36N4O3. The summed E-state index contributed by atoms with van der Waals surface area (Å²) in [6.07, 6.45) is -0.532. The van der Waals surface area contributed by atoms with Gasteiger partial charge in [0.05, 0.1) is 19.3 Å². The van der Waals surface area contributed by atoms with E-state index in [-0.39, 0.29) is 6.61 Å². The van der Waals surface area contributed by atoms with Gasteiger partial charge in [0.25, 0.3) is 0 Å². The highest BCUT2D eigenvalue weighted by molar-refractivity contribution is 5.43. The molecule has 2 rings (SSSR count). The number of nitrogens with one attached hydrogen (secondary N) is 1. The Labute approximate surface area is 174 Å². The van der Waals surface area contributed by atoms with Crippen LogP contribution in [0.2, 0.25) is 0 Å².